The summed E-state index contributed by atoms with van der Waals surface area (Å²) >= 11 is 0. The number of aromatic nitrogens is 2. The summed E-state index contributed by atoms with van der Waals surface area (Å²) in [5.74, 6) is 0.746. The number of anilines is 1. The van der Waals surface area contributed by atoms with Crippen LogP contribution in [0.1, 0.15) is 48.8 Å². The third-order valence-electron chi connectivity index (χ3n) is 4.75. The number of fused-ring (bicyclic) bond motifs is 1. The van der Waals surface area contributed by atoms with Crippen LogP contribution in [-0.2, 0) is 11.2 Å². The fraction of sp³-hybridized carbons (Fsp3) is 0.421. The SMILES string of the molecule is CC1Cc2cc(C(=O)Nc3ccn(C4CCC(C)O4)c(=O)n3)ccc2O1. The second-order valence-electron chi connectivity index (χ2n) is 6.89. The van der Waals surface area contributed by atoms with Crippen LogP contribution in [-0.4, -0.2) is 27.7 Å². The first-order valence-electron chi connectivity index (χ1n) is 8.85. The van der Waals surface area contributed by atoms with Gasteiger partial charge in [-0.1, -0.05) is 0 Å². The molecular formula is C19H21N3O4. The molecule has 1 aromatic carbocycles. The van der Waals surface area contributed by atoms with Crippen LogP contribution in [0.15, 0.2) is 35.3 Å². The van der Waals surface area contributed by atoms with Gasteiger partial charge in [-0.15, -0.1) is 0 Å². The molecule has 0 aliphatic carbocycles. The van der Waals surface area contributed by atoms with Gasteiger partial charge in [-0.2, -0.15) is 4.98 Å². The predicted octanol–water partition coefficient (Wildman–Crippen LogP) is 2.52. The van der Waals surface area contributed by atoms with Crippen LogP contribution in [0.2, 0.25) is 0 Å². The van der Waals surface area contributed by atoms with Crippen molar-refractivity contribution in [3.05, 3.63) is 52.1 Å². The largest absolute Gasteiger partial charge is 0.490 e. The van der Waals surface area contributed by atoms with Gasteiger partial charge in [0, 0.05) is 18.2 Å². The third kappa shape index (κ3) is 3.22. The minimum atomic E-state index is -0.432. The molecule has 1 aromatic heterocycles. The first-order valence-corrected chi connectivity index (χ1v) is 8.85. The lowest BCUT2D eigenvalue weighted by atomic mass is 10.1. The summed E-state index contributed by atoms with van der Waals surface area (Å²) in [7, 11) is 0. The van der Waals surface area contributed by atoms with E-state index in [1.807, 2.05) is 19.9 Å². The molecule has 3 atom stereocenters. The molecule has 7 nitrogen and oxygen atoms in total. The standard InChI is InChI=1S/C19H21N3O4/c1-11-3-6-17(26-11)22-8-7-16(21-19(22)24)20-18(23)13-4-5-15-14(10-13)9-12(2)25-15/h4-5,7-8,10-12,17H,3,6,9H2,1-2H3,(H,20,21,23,24). The first-order chi connectivity index (χ1) is 12.5. The highest BCUT2D eigenvalue weighted by atomic mass is 16.5. The molecule has 7 heteroatoms. The van der Waals surface area contributed by atoms with E-state index in [-0.39, 0.29) is 30.2 Å². The average molecular weight is 355 g/mol. The number of carbonyl (C=O) groups excluding carboxylic acids is 1. The van der Waals surface area contributed by atoms with Crippen molar-refractivity contribution in [2.45, 2.75) is 51.5 Å². The molecule has 4 rings (SSSR count). The van der Waals surface area contributed by atoms with Crippen LogP contribution >= 0.6 is 0 Å². The van der Waals surface area contributed by atoms with E-state index < -0.39 is 5.69 Å². The molecule has 1 saturated heterocycles. The van der Waals surface area contributed by atoms with Crippen LogP contribution in [0.3, 0.4) is 0 Å². The maximum absolute atomic E-state index is 12.5. The Bertz CT molecular complexity index is 908. The average Bonchev–Trinajstić information content (AvgIpc) is 3.18. The molecule has 1 fully saturated rings. The fourth-order valence-electron chi connectivity index (χ4n) is 3.44. The second kappa shape index (κ2) is 6.57. The molecule has 26 heavy (non-hydrogen) atoms. The molecule has 136 valence electrons. The van der Waals surface area contributed by atoms with Crippen molar-refractivity contribution in [1.29, 1.82) is 0 Å². The lowest BCUT2D eigenvalue weighted by Gasteiger charge is -2.14. The molecule has 2 aliphatic heterocycles. The van der Waals surface area contributed by atoms with Crippen molar-refractivity contribution in [2.75, 3.05) is 5.32 Å². The lowest BCUT2D eigenvalue weighted by molar-refractivity contribution is 0.00805. The maximum atomic E-state index is 12.5. The van der Waals surface area contributed by atoms with Crippen molar-refractivity contribution in [2.24, 2.45) is 0 Å². The molecule has 2 aliphatic rings. The Hall–Kier alpha value is -2.67. The van der Waals surface area contributed by atoms with Gasteiger partial charge in [0.2, 0.25) is 0 Å². The summed E-state index contributed by atoms with van der Waals surface area (Å²) in [4.78, 5) is 28.7. The number of benzene rings is 1. The summed E-state index contributed by atoms with van der Waals surface area (Å²) in [5.41, 5.74) is 1.10. The van der Waals surface area contributed by atoms with Crippen LogP contribution in [0.5, 0.6) is 5.75 Å². The molecule has 0 spiro atoms. The van der Waals surface area contributed by atoms with Crippen LogP contribution in [0.4, 0.5) is 5.82 Å². The van der Waals surface area contributed by atoms with Gasteiger partial charge in [-0.05, 0) is 56.5 Å². The number of nitrogens with one attached hydrogen (secondary N) is 1. The Kier molecular flexibility index (Phi) is 4.24. The van der Waals surface area contributed by atoms with Crippen LogP contribution in [0.25, 0.3) is 0 Å². The van der Waals surface area contributed by atoms with E-state index in [0.717, 1.165) is 30.6 Å². The van der Waals surface area contributed by atoms with Gasteiger partial charge in [-0.3, -0.25) is 9.36 Å². The van der Waals surface area contributed by atoms with Gasteiger partial charge in [0.25, 0.3) is 5.91 Å². The van der Waals surface area contributed by atoms with Gasteiger partial charge >= 0.3 is 5.69 Å². The summed E-state index contributed by atoms with van der Waals surface area (Å²) in [6.07, 6.45) is 4.07. The molecule has 1 N–H and O–H groups in total. The Balaban J connectivity index is 1.49. The number of hydrogen-bond donors (Lipinski definition) is 1. The number of hydrogen-bond acceptors (Lipinski definition) is 5. The highest BCUT2D eigenvalue weighted by molar-refractivity contribution is 6.04. The minimum Gasteiger partial charge on any atom is -0.490 e. The van der Waals surface area contributed by atoms with Gasteiger partial charge < -0.3 is 14.8 Å². The summed E-state index contributed by atoms with van der Waals surface area (Å²) in [6, 6.07) is 6.95. The summed E-state index contributed by atoms with van der Waals surface area (Å²) in [6.45, 7) is 3.98. The molecule has 1 amide bonds. The quantitative estimate of drug-likeness (QED) is 0.915. The van der Waals surface area contributed by atoms with Gasteiger partial charge in [0.15, 0.2) is 0 Å². The molecule has 0 bridgehead atoms. The highest BCUT2D eigenvalue weighted by Gasteiger charge is 2.24. The molecule has 0 saturated carbocycles. The highest BCUT2D eigenvalue weighted by Crippen LogP contribution is 2.29. The second-order valence-corrected chi connectivity index (χ2v) is 6.89. The number of rotatable bonds is 3. The van der Waals surface area contributed by atoms with Gasteiger partial charge in [0.1, 0.15) is 23.9 Å². The van der Waals surface area contributed by atoms with Crippen LogP contribution < -0.4 is 15.7 Å². The minimum absolute atomic E-state index is 0.123. The maximum Gasteiger partial charge on any atom is 0.351 e. The topological polar surface area (TPSA) is 82.5 Å². The summed E-state index contributed by atoms with van der Waals surface area (Å²) in [5, 5.41) is 2.68. The molecular weight excluding hydrogens is 334 g/mol. The number of carbonyl (C=O) groups is 1. The van der Waals surface area contributed by atoms with Crippen LogP contribution in [0, 0.1) is 0 Å². The lowest BCUT2D eigenvalue weighted by Crippen LogP contribution is -2.28. The predicted molar refractivity (Wildman–Crippen MR) is 95.5 cm³/mol. The fourth-order valence-corrected chi connectivity index (χ4v) is 3.44. The Labute approximate surface area is 151 Å². The third-order valence-corrected chi connectivity index (χ3v) is 4.75. The van der Waals surface area contributed by atoms with E-state index >= 15 is 0 Å². The smallest absolute Gasteiger partial charge is 0.351 e. The van der Waals surface area contributed by atoms with E-state index in [2.05, 4.69) is 10.3 Å². The van der Waals surface area contributed by atoms with E-state index in [9.17, 15) is 9.59 Å². The van der Waals surface area contributed by atoms with E-state index in [1.165, 1.54) is 4.57 Å². The Morgan fingerprint density at radius 3 is 2.81 bits per heavy atom. The molecule has 2 aromatic rings. The molecule has 3 heterocycles. The number of amides is 1. The number of nitrogens with zero attached hydrogens (tertiary/aromatic N) is 2. The normalized spacial score (nSPS) is 24.2. The molecule has 3 unspecified atom stereocenters. The zero-order valence-electron chi connectivity index (χ0n) is 14.8. The van der Waals surface area contributed by atoms with E-state index in [4.69, 9.17) is 9.47 Å². The zero-order chi connectivity index (χ0) is 18.3. The van der Waals surface area contributed by atoms with Gasteiger partial charge in [-0.25, -0.2) is 4.79 Å². The molecule has 0 radical (unpaired) electrons. The van der Waals surface area contributed by atoms with Crippen molar-refractivity contribution in [3.8, 4) is 5.75 Å². The van der Waals surface area contributed by atoms with Crippen molar-refractivity contribution in [3.63, 3.8) is 0 Å². The van der Waals surface area contributed by atoms with E-state index in [0.29, 0.717) is 5.56 Å². The van der Waals surface area contributed by atoms with Crippen molar-refractivity contribution in [1.82, 2.24) is 9.55 Å². The number of ether oxygens (including phenoxy) is 2. The van der Waals surface area contributed by atoms with E-state index in [1.54, 1.807) is 24.4 Å². The Morgan fingerprint density at radius 1 is 1.23 bits per heavy atom. The Morgan fingerprint density at radius 2 is 2.08 bits per heavy atom. The van der Waals surface area contributed by atoms with Gasteiger partial charge in [0.05, 0.1) is 6.10 Å². The van der Waals surface area contributed by atoms with Crippen molar-refractivity contribution >= 4 is 11.7 Å². The summed E-state index contributed by atoms with van der Waals surface area (Å²) < 4.78 is 12.8. The monoisotopic (exact) mass is 355 g/mol. The zero-order valence-corrected chi connectivity index (χ0v) is 14.8. The van der Waals surface area contributed by atoms with Crippen molar-refractivity contribution < 1.29 is 14.3 Å². The first kappa shape index (κ1) is 16.8.